The fourth-order valence-corrected chi connectivity index (χ4v) is 2.89. The summed E-state index contributed by atoms with van der Waals surface area (Å²) in [7, 11) is 0. The van der Waals surface area contributed by atoms with E-state index in [2.05, 4.69) is 20.6 Å². The standard InChI is InChI=1S/C21H21ClN4O2/c1-4-28-19-8-6-5-7-17(19)24-20(27)18-12-14(3)23-21(26-18)25-16-10-9-15(22)11-13(16)2/h5-12H,4H2,1-3H3,(H,24,27)(H,23,25,26). The minimum Gasteiger partial charge on any atom is -0.492 e. The monoisotopic (exact) mass is 396 g/mol. The molecule has 0 unspecified atom stereocenters. The highest BCUT2D eigenvalue weighted by atomic mass is 35.5. The third-order valence-corrected chi connectivity index (χ3v) is 4.19. The number of ether oxygens (including phenoxy) is 1. The molecule has 1 heterocycles. The van der Waals surface area contributed by atoms with E-state index in [0.717, 1.165) is 11.3 Å². The Morgan fingerprint density at radius 3 is 2.61 bits per heavy atom. The van der Waals surface area contributed by atoms with Gasteiger partial charge in [0, 0.05) is 16.4 Å². The number of halogens is 1. The third-order valence-electron chi connectivity index (χ3n) is 3.96. The fourth-order valence-electron chi connectivity index (χ4n) is 2.67. The van der Waals surface area contributed by atoms with Crippen LogP contribution < -0.4 is 15.4 Å². The van der Waals surface area contributed by atoms with Gasteiger partial charge in [0.05, 0.1) is 12.3 Å². The molecule has 0 spiro atoms. The maximum absolute atomic E-state index is 12.7. The van der Waals surface area contributed by atoms with Gasteiger partial charge >= 0.3 is 0 Å². The van der Waals surface area contributed by atoms with Gasteiger partial charge in [-0.25, -0.2) is 9.97 Å². The number of hydrogen-bond acceptors (Lipinski definition) is 5. The van der Waals surface area contributed by atoms with E-state index in [1.807, 2.05) is 45.0 Å². The predicted molar refractivity (Wildman–Crippen MR) is 112 cm³/mol. The zero-order chi connectivity index (χ0) is 20.1. The van der Waals surface area contributed by atoms with Gasteiger partial charge in [-0.15, -0.1) is 0 Å². The first-order valence-corrected chi connectivity index (χ1v) is 9.26. The third kappa shape index (κ3) is 4.78. The van der Waals surface area contributed by atoms with Gasteiger partial charge in [-0.3, -0.25) is 4.79 Å². The van der Waals surface area contributed by atoms with Gasteiger partial charge in [0.15, 0.2) is 0 Å². The Morgan fingerprint density at radius 1 is 1.07 bits per heavy atom. The van der Waals surface area contributed by atoms with E-state index in [1.165, 1.54) is 0 Å². The molecule has 2 N–H and O–H groups in total. The first-order valence-electron chi connectivity index (χ1n) is 8.88. The van der Waals surface area contributed by atoms with Gasteiger partial charge in [-0.1, -0.05) is 23.7 Å². The average Bonchev–Trinajstić information content (AvgIpc) is 2.65. The molecule has 0 aliphatic rings. The van der Waals surface area contributed by atoms with Gasteiger partial charge in [0.1, 0.15) is 11.4 Å². The van der Waals surface area contributed by atoms with Crippen LogP contribution in [0.15, 0.2) is 48.5 Å². The number of hydrogen-bond donors (Lipinski definition) is 2. The number of carbonyl (C=O) groups excluding carboxylic acids is 1. The highest BCUT2D eigenvalue weighted by molar-refractivity contribution is 6.30. The smallest absolute Gasteiger partial charge is 0.274 e. The summed E-state index contributed by atoms with van der Waals surface area (Å²) >= 11 is 6.00. The molecule has 0 radical (unpaired) electrons. The van der Waals surface area contributed by atoms with Crippen LogP contribution in [0.1, 0.15) is 28.7 Å². The lowest BCUT2D eigenvalue weighted by Gasteiger charge is -2.12. The Morgan fingerprint density at radius 2 is 1.86 bits per heavy atom. The van der Waals surface area contributed by atoms with Gasteiger partial charge < -0.3 is 15.4 Å². The summed E-state index contributed by atoms with van der Waals surface area (Å²) in [5.41, 5.74) is 3.30. The molecule has 7 heteroatoms. The Bertz CT molecular complexity index is 1010. The molecular weight excluding hydrogens is 376 g/mol. The molecule has 28 heavy (non-hydrogen) atoms. The van der Waals surface area contributed by atoms with Crippen molar-refractivity contribution in [3.8, 4) is 5.75 Å². The van der Waals surface area contributed by atoms with Gasteiger partial charge in [0.2, 0.25) is 5.95 Å². The summed E-state index contributed by atoms with van der Waals surface area (Å²) in [6.07, 6.45) is 0. The molecule has 0 aliphatic heterocycles. The topological polar surface area (TPSA) is 76.1 Å². The van der Waals surface area contributed by atoms with E-state index in [9.17, 15) is 4.79 Å². The maximum Gasteiger partial charge on any atom is 0.274 e. The minimum atomic E-state index is -0.339. The Balaban J connectivity index is 1.84. The van der Waals surface area contributed by atoms with Crippen LogP contribution in [0.3, 0.4) is 0 Å². The summed E-state index contributed by atoms with van der Waals surface area (Å²) in [6.45, 7) is 6.14. The van der Waals surface area contributed by atoms with E-state index in [-0.39, 0.29) is 11.6 Å². The van der Waals surface area contributed by atoms with Crippen molar-refractivity contribution in [2.45, 2.75) is 20.8 Å². The van der Waals surface area contributed by atoms with E-state index < -0.39 is 0 Å². The van der Waals surface area contributed by atoms with Crippen molar-refractivity contribution in [2.24, 2.45) is 0 Å². The molecule has 0 atom stereocenters. The van der Waals surface area contributed by atoms with Crippen LogP contribution in [-0.2, 0) is 0 Å². The molecule has 0 saturated heterocycles. The Kier molecular flexibility index (Phi) is 6.11. The van der Waals surface area contributed by atoms with E-state index >= 15 is 0 Å². The van der Waals surface area contributed by atoms with Crippen molar-refractivity contribution < 1.29 is 9.53 Å². The van der Waals surface area contributed by atoms with Crippen LogP contribution >= 0.6 is 11.6 Å². The van der Waals surface area contributed by atoms with Crippen LogP contribution in [0.5, 0.6) is 5.75 Å². The second-order valence-corrected chi connectivity index (χ2v) is 6.62. The van der Waals surface area contributed by atoms with Gasteiger partial charge in [-0.2, -0.15) is 0 Å². The van der Waals surface area contributed by atoms with Crippen LogP contribution in [0.4, 0.5) is 17.3 Å². The summed E-state index contributed by atoms with van der Waals surface area (Å²) < 4.78 is 5.55. The molecule has 0 fully saturated rings. The van der Waals surface area contributed by atoms with Crippen molar-refractivity contribution in [3.63, 3.8) is 0 Å². The average molecular weight is 397 g/mol. The van der Waals surface area contributed by atoms with Crippen molar-refractivity contribution in [1.82, 2.24) is 9.97 Å². The number of rotatable bonds is 6. The lowest BCUT2D eigenvalue weighted by molar-refractivity contribution is 0.102. The summed E-state index contributed by atoms with van der Waals surface area (Å²) in [5.74, 6) is 0.612. The first kappa shape index (κ1) is 19.6. The molecule has 3 aromatic rings. The summed E-state index contributed by atoms with van der Waals surface area (Å²) in [5, 5.41) is 6.65. The van der Waals surface area contributed by atoms with Crippen LogP contribution in [-0.4, -0.2) is 22.5 Å². The van der Waals surface area contributed by atoms with Crippen molar-refractivity contribution >= 4 is 34.8 Å². The Labute approximate surface area is 168 Å². The Hall–Kier alpha value is -3.12. The maximum atomic E-state index is 12.7. The molecule has 0 bridgehead atoms. The second-order valence-electron chi connectivity index (χ2n) is 6.19. The highest BCUT2D eigenvalue weighted by Crippen LogP contribution is 2.25. The zero-order valence-corrected chi connectivity index (χ0v) is 16.7. The van der Waals surface area contributed by atoms with E-state index in [1.54, 1.807) is 24.3 Å². The van der Waals surface area contributed by atoms with Crippen molar-refractivity contribution in [2.75, 3.05) is 17.2 Å². The highest BCUT2D eigenvalue weighted by Gasteiger charge is 2.14. The number of anilines is 3. The summed E-state index contributed by atoms with van der Waals surface area (Å²) in [4.78, 5) is 21.5. The quantitative estimate of drug-likeness (QED) is 0.603. The molecular formula is C21H21ClN4O2. The lowest BCUT2D eigenvalue weighted by Crippen LogP contribution is -2.16. The molecule has 1 amide bonds. The first-order chi connectivity index (χ1) is 13.5. The molecule has 1 aromatic heterocycles. The fraction of sp³-hybridized carbons (Fsp3) is 0.190. The molecule has 0 aliphatic carbocycles. The van der Waals surface area contributed by atoms with Crippen molar-refractivity contribution in [1.29, 1.82) is 0 Å². The van der Waals surface area contributed by atoms with Gasteiger partial charge in [-0.05, 0) is 62.7 Å². The van der Waals surface area contributed by atoms with E-state index in [0.29, 0.717) is 34.7 Å². The van der Waals surface area contributed by atoms with Gasteiger partial charge in [0.25, 0.3) is 5.91 Å². The largest absolute Gasteiger partial charge is 0.492 e. The number of aryl methyl sites for hydroxylation is 2. The molecule has 0 saturated carbocycles. The number of aromatic nitrogens is 2. The predicted octanol–water partition coefficient (Wildman–Crippen LogP) is 5.14. The minimum absolute atomic E-state index is 0.257. The number of amides is 1. The molecule has 2 aromatic carbocycles. The number of benzene rings is 2. The molecule has 6 nitrogen and oxygen atoms in total. The van der Waals surface area contributed by atoms with Crippen molar-refractivity contribution in [3.05, 3.63) is 70.5 Å². The zero-order valence-electron chi connectivity index (χ0n) is 15.9. The lowest BCUT2D eigenvalue weighted by atomic mass is 10.2. The summed E-state index contributed by atoms with van der Waals surface area (Å²) in [6, 6.07) is 14.4. The van der Waals surface area contributed by atoms with E-state index in [4.69, 9.17) is 16.3 Å². The van der Waals surface area contributed by atoms with Crippen LogP contribution in [0, 0.1) is 13.8 Å². The number of nitrogens with zero attached hydrogens (tertiary/aromatic N) is 2. The number of para-hydroxylation sites is 2. The number of carbonyl (C=O) groups is 1. The van der Waals surface area contributed by atoms with Crippen LogP contribution in [0.25, 0.3) is 0 Å². The van der Waals surface area contributed by atoms with Crippen LogP contribution in [0.2, 0.25) is 5.02 Å². The normalized spacial score (nSPS) is 10.4. The SMILES string of the molecule is CCOc1ccccc1NC(=O)c1cc(C)nc(Nc2ccc(Cl)cc2C)n1. The second kappa shape index (κ2) is 8.71. The molecule has 3 rings (SSSR count). The number of nitrogens with one attached hydrogen (secondary N) is 2. The molecule has 144 valence electrons.